The largest absolute Gasteiger partial charge is 0.387 e. The SMILES string of the molecule is C=S(=O)(c1ccccc1NC(=O)Nc1ncnc2c1ncn2[C@@H]1O[C@H](C(=O)NCC)C(O)C1O)N1CC=CC1.CCCCCNS(=O)(=O)c1ccccc1NC(=O)Nc1ncnc2c1ncn2[C@@H]1O[C@H](C(=O)NCC)C(O)C1O.CCNC(=O)[C@H]1O[C@@H](n2cnc3c(NC(=O)Nc4ccccc4S(=O)(=O)NC45C[C@@H]6C[C@@H](CC(C)(C6)C4)C5)ncnc32)C(O)C1O. The summed E-state index contributed by atoms with van der Waals surface area (Å²) in [5.74, 6) is 3.33. The number of fused-ring (bicyclic) bond motifs is 3. The summed E-state index contributed by atoms with van der Waals surface area (Å²) in [6.07, 6.45) is 3.39. The molecule has 17 atom stereocenters. The van der Waals surface area contributed by atoms with Crippen LogP contribution in [0.5, 0.6) is 0 Å². The van der Waals surface area contributed by atoms with Gasteiger partial charge in [0.25, 0.3) is 17.7 Å². The van der Waals surface area contributed by atoms with E-state index in [0.717, 1.165) is 51.3 Å². The number of ether oxygens (including phenoxy) is 3. The van der Waals surface area contributed by atoms with Gasteiger partial charge in [-0.15, -0.1) is 0 Å². The molecule has 9 aromatic rings. The molecule has 6 aromatic heterocycles. The molecule has 4 aliphatic heterocycles. The predicted octanol–water partition coefficient (Wildman–Crippen LogP) is 2.64. The number of aliphatic hydroxyl groups is 6. The number of aromatic nitrogens is 12. The number of para-hydroxylation sites is 3. The molecule has 10 heterocycles. The summed E-state index contributed by atoms with van der Waals surface area (Å²) in [5.41, 5.74) is 1.10. The number of aliphatic hydroxyl groups excluding tert-OH is 6. The van der Waals surface area contributed by atoms with E-state index in [4.69, 9.17) is 14.2 Å². The van der Waals surface area contributed by atoms with Crippen LogP contribution in [0.15, 0.2) is 138 Å². The molecule has 17 rings (SSSR count). The molecular formula is C78H98N24O20S3. The van der Waals surface area contributed by atoms with E-state index in [1.54, 1.807) is 73.6 Å². The van der Waals surface area contributed by atoms with Crippen LogP contribution in [0.1, 0.15) is 111 Å². The van der Waals surface area contributed by atoms with E-state index >= 15 is 0 Å². The highest BCUT2D eigenvalue weighted by molar-refractivity contribution is 7.98. The van der Waals surface area contributed by atoms with Crippen LogP contribution in [0, 0.1) is 17.3 Å². The molecule has 3 aromatic carbocycles. The maximum Gasteiger partial charge on any atom is 0.324 e. The second-order valence-corrected chi connectivity index (χ2v) is 37.2. The van der Waals surface area contributed by atoms with Gasteiger partial charge in [0.05, 0.1) is 50.6 Å². The van der Waals surface area contributed by atoms with Crippen molar-refractivity contribution in [3.05, 3.63) is 123 Å². The number of likely N-dealkylation sites (N-methyl/N-ethyl adjacent to an activating group) is 3. The lowest BCUT2D eigenvalue weighted by atomic mass is 9.48. The Bertz CT molecular complexity index is 5900. The lowest BCUT2D eigenvalue weighted by molar-refractivity contribution is -0.138. The lowest BCUT2D eigenvalue weighted by Gasteiger charge is -2.61. The first-order valence-electron chi connectivity index (χ1n) is 40.5. The third-order valence-electron chi connectivity index (χ3n) is 22.4. The van der Waals surface area contributed by atoms with Gasteiger partial charge in [-0.25, -0.2) is 94.0 Å². The Morgan fingerprint density at radius 3 is 1.19 bits per heavy atom. The molecule has 0 radical (unpaired) electrons. The Morgan fingerprint density at radius 2 is 0.824 bits per heavy atom. The number of anilines is 6. The van der Waals surface area contributed by atoms with Crippen molar-refractivity contribution < 1.29 is 94.7 Å². The molecule has 9 unspecified atom stereocenters. The van der Waals surface area contributed by atoms with Crippen molar-refractivity contribution in [2.75, 3.05) is 71.2 Å². The quantitative estimate of drug-likeness (QED) is 0.0210. The van der Waals surface area contributed by atoms with Gasteiger partial charge in [-0.05, 0) is 125 Å². The zero-order valence-electron chi connectivity index (χ0n) is 68.4. The monoisotopic (exact) mass is 1790 g/mol. The number of unbranched alkanes of at least 4 members (excludes halogenated alkanes) is 2. The van der Waals surface area contributed by atoms with Gasteiger partial charge in [0.15, 0.2) is 87.9 Å². The number of urea groups is 3. The number of sulfonamides is 2. The number of carbonyl (C=O) groups excluding carboxylic acids is 6. The maximum atomic E-state index is 13.8. The van der Waals surface area contributed by atoms with E-state index < -0.39 is 145 Å². The van der Waals surface area contributed by atoms with E-state index in [1.807, 2.05) is 19.1 Å². The highest BCUT2D eigenvalue weighted by atomic mass is 32.2. The van der Waals surface area contributed by atoms with Crippen LogP contribution >= 0.6 is 0 Å². The minimum absolute atomic E-state index is 0.00686. The van der Waals surface area contributed by atoms with Gasteiger partial charge >= 0.3 is 18.1 Å². The zero-order chi connectivity index (χ0) is 89.0. The van der Waals surface area contributed by atoms with Crippen molar-refractivity contribution in [1.29, 1.82) is 0 Å². The molecule has 3 saturated heterocycles. The highest BCUT2D eigenvalue weighted by Gasteiger charge is 2.58. The predicted molar refractivity (Wildman–Crippen MR) is 452 cm³/mol. The van der Waals surface area contributed by atoms with E-state index in [0.29, 0.717) is 61.6 Å². The van der Waals surface area contributed by atoms with Crippen LogP contribution in [-0.2, 0) is 58.3 Å². The molecule has 8 aliphatic rings. The second-order valence-electron chi connectivity index (χ2n) is 31.6. The molecule has 44 nitrogen and oxygen atoms in total. The van der Waals surface area contributed by atoms with Gasteiger partial charge in [0, 0.05) is 44.8 Å². The van der Waals surface area contributed by atoms with Gasteiger partial charge in [-0.3, -0.25) is 44.0 Å². The molecule has 668 valence electrons. The first-order valence-corrected chi connectivity index (χ1v) is 45.2. The van der Waals surface area contributed by atoms with Crippen LogP contribution < -0.4 is 57.3 Å². The number of amides is 9. The summed E-state index contributed by atoms with van der Waals surface area (Å²) in [4.78, 5) is 114. The Kier molecular flexibility index (Phi) is 27.0. The molecule has 47 heteroatoms. The van der Waals surface area contributed by atoms with E-state index in [1.165, 1.54) is 76.0 Å². The fourth-order valence-corrected chi connectivity index (χ4v) is 22.0. The minimum Gasteiger partial charge on any atom is -0.387 e. The molecule has 0 spiro atoms. The van der Waals surface area contributed by atoms with Crippen LogP contribution in [0.4, 0.5) is 48.9 Å². The molecule has 4 bridgehead atoms. The summed E-state index contributed by atoms with van der Waals surface area (Å²) in [6, 6.07) is 16.7. The molecule has 4 aliphatic carbocycles. The molecular weight excluding hydrogens is 1690 g/mol. The smallest absolute Gasteiger partial charge is 0.324 e. The van der Waals surface area contributed by atoms with E-state index in [2.05, 4.69) is 115 Å². The van der Waals surface area contributed by atoms with E-state index in [9.17, 15) is 80.5 Å². The van der Waals surface area contributed by atoms with Crippen LogP contribution in [0.3, 0.4) is 0 Å². The highest BCUT2D eigenvalue weighted by Crippen LogP contribution is 2.62. The van der Waals surface area contributed by atoms with Crippen molar-refractivity contribution in [3.8, 4) is 0 Å². The van der Waals surface area contributed by atoms with Gasteiger partial charge in [0.1, 0.15) is 65.4 Å². The standard InChI is InChI=1S/C30H38N8O7S.C24H32N8O7S.C24H28N8O6S/c1-3-31-26(41)23-21(39)22(40)27(45-23)38-15-34-20-24(32-14-33-25(20)38)36-28(42)35-18-6-4-5-7-19(18)46(43,44)37-30-11-16-8-17(12-30)10-29(2,9-16)13-30;1-3-5-8-11-29-40(37,38)15-10-7-6-9-14(15)30-24(36)31-20-16-21(27-12-26-20)32(13-28-16)23-18(34)17(33)19(39-23)22(35)25-4-2;1-3-25-22(35)19-17(33)18(34)23(38-19)32-13-28-16-20(26-12-27-21(16)32)30-24(36)29-14-8-4-5-9-15(14)39(2,37)31-10-6-7-11-31/h4-7,14-17,21-23,27,37,39-40H,3,8-13H2,1-2H3,(H,31,41)(H2,32,33,35,36,42);6-7,9-10,12-13,17-19,23,29,33-34H,3-5,8,11H2,1-2H3,(H,25,35)(H2,26,27,30,31,36);4-9,12-13,17-19,23,33-34H,2-3,10-11H2,1H3,(H,25,35)(H2,26,27,29,30,36)/t16-,17+,21?,22?,23-,27+,29?,30?;17?,18?,19-,23+;17?,18?,19-,23+,39?/m000/s1. The number of benzene rings is 3. The van der Waals surface area contributed by atoms with Crippen LogP contribution in [0.2, 0.25) is 0 Å². The summed E-state index contributed by atoms with van der Waals surface area (Å²) in [5, 5.41) is 86.2. The van der Waals surface area contributed by atoms with E-state index in [-0.39, 0.29) is 84.1 Å². The summed E-state index contributed by atoms with van der Waals surface area (Å²) in [6.45, 7) is 11.7. The Morgan fingerprint density at radius 1 is 0.464 bits per heavy atom. The summed E-state index contributed by atoms with van der Waals surface area (Å²) >= 11 is 0. The third-order valence-corrected chi connectivity index (χ3v) is 27.8. The number of carbonyl (C=O) groups is 6. The number of rotatable bonds is 26. The molecule has 125 heavy (non-hydrogen) atoms. The first-order chi connectivity index (χ1) is 59.8. The minimum atomic E-state index is -3.98. The fourth-order valence-electron chi connectivity index (χ4n) is 17.4. The Labute approximate surface area is 716 Å². The zero-order valence-corrected chi connectivity index (χ0v) is 70.8. The Hall–Kier alpha value is -11.3. The third kappa shape index (κ3) is 19.0. The molecule has 17 N–H and O–H groups in total. The fraction of sp³-hybridized carbons (Fsp3) is 0.462. The normalized spacial score (nSPS) is 26.6. The van der Waals surface area contributed by atoms with Gasteiger partial charge in [0.2, 0.25) is 20.0 Å². The molecule has 4 saturated carbocycles. The topological polar surface area (TPSA) is 603 Å². The number of nitrogens with zero attached hydrogens (tertiary/aromatic N) is 13. The van der Waals surface area contributed by atoms with Crippen molar-refractivity contribution >= 4 is 139 Å². The average molecular weight is 1790 g/mol. The first kappa shape index (κ1) is 90.0. The Balaban J connectivity index is 0.000000153. The van der Waals surface area contributed by atoms with Crippen LogP contribution in [0.25, 0.3) is 33.5 Å². The lowest BCUT2D eigenvalue weighted by Crippen LogP contribution is -2.62. The van der Waals surface area contributed by atoms with Crippen molar-refractivity contribution in [2.45, 2.75) is 186 Å². The second kappa shape index (κ2) is 37.5. The number of imidazole rings is 3. The number of hydrogen-bond acceptors (Lipinski definition) is 29. The summed E-state index contributed by atoms with van der Waals surface area (Å²) in [7, 11) is -10.7. The van der Waals surface area contributed by atoms with Crippen molar-refractivity contribution in [3.63, 3.8) is 0 Å². The number of nitrogens with one attached hydrogen (secondary N) is 11. The summed E-state index contributed by atoms with van der Waals surface area (Å²) < 4.78 is 95.1. The molecule has 9 amide bonds. The maximum absolute atomic E-state index is 13.8. The van der Waals surface area contributed by atoms with Crippen molar-refractivity contribution in [1.82, 2.24) is 88.3 Å². The average Bonchev–Trinajstić information content (AvgIpc) is 1.63. The van der Waals surface area contributed by atoms with Gasteiger partial charge < -0.3 is 76.8 Å². The van der Waals surface area contributed by atoms with Gasteiger partial charge in [-0.1, -0.05) is 75.2 Å². The van der Waals surface area contributed by atoms with Gasteiger partial charge in [-0.2, -0.15) is 0 Å². The molecule has 7 fully saturated rings. The number of hydrogen-bond donors (Lipinski definition) is 17. The van der Waals surface area contributed by atoms with Crippen LogP contribution in [-0.4, -0.2) is 256 Å². The van der Waals surface area contributed by atoms with Crippen molar-refractivity contribution in [2.24, 2.45) is 17.3 Å².